The summed E-state index contributed by atoms with van der Waals surface area (Å²) < 4.78 is 5.55. The summed E-state index contributed by atoms with van der Waals surface area (Å²) in [6.07, 6.45) is 5.79. The maximum Gasteiger partial charge on any atom is 0.193 e. The molecule has 6 heteroatoms. The molecule has 0 amide bonds. The second-order valence-electron chi connectivity index (χ2n) is 7.25. The summed E-state index contributed by atoms with van der Waals surface area (Å²) in [5.74, 6) is 1.05. The van der Waals surface area contributed by atoms with Crippen LogP contribution in [0.15, 0.2) is 17.1 Å². The molecule has 3 rings (SSSR count). The minimum absolute atomic E-state index is 0.488. The van der Waals surface area contributed by atoms with Crippen molar-refractivity contribution >= 4 is 5.96 Å². The summed E-state index contributed by atoms with van der Waals surface area (Å²) in [7, 11) is 1.90. The zero-order valence-corrected chi connectivity index (χ0v) is 15.4. The molecule has 3 aliphatic rings. The standard InChI is InChI=1S/C18H33N5O/c1-15(23-10-11-24-14-16(23)2)12-20-18(19-3)22-9-6-17(13-22)21-7-4-5-8-21/h4-5,15-17H,6-14H2,1-3H3,(H,19,20). The summed E-state index contributed by atoms with van der Waals surface area (Å²) in [4.78, 5) is 12.0. The van der Waals surface area contributed by atoms with E-state index < -0.39 is 0 Å². The highest BCUT2D eigenvalue weighted by atomic mass is 16.5. The van der Waals surface area contributed by atoms with Gasteiger partial charge in [0.1, 0.15) is 0 Å². The number of nitrogens with zero attached hydrogens (tertiary/aromatic N) is 4. The summed E-state index contributed by atoms with van der Waals surface area (Å²) >= 11 is 0. The average Bonchev–Trinajstić information content (AvgIpc) is 3.27. The van der Waals surface area contributed by atoms with Crippen LogP contribution in [0, 0.1) is 0 Å². The fourth-order valence-electron chi connectivity index (χ4n) is 4.11. The highest BCUT2D eigenvalue weighted by Crippen LogP contribution is 2.18. The first kappa shape index (κ1) is 17.7. The fraction of sp³-hybridized carbons (Fsp3) is 0.833. The van der Waals surface area contributed by atoms with Crippen molar-refractivity contribution in [1.29, 1.82) is 0 Å². The van der Waals surface area contributed by atoms with Crippen molar-refractivity contribution in [3.8, 4) is 0 Å². The molecule has 24 heavy (non-hydrogen) atoms. The number of guanidine groups is 1. The van der Waals surface area contributed by atoms with Crippen LogP contribution in [0.5, 0.6) is 0 Å². The van der Waals surface area contributed by atoms with Crippen LogP contribution in [0.2, 0.25) is 0 Å². The molecule has 0 aromatic rings. The molecule has 6 nitrogen and oxygen atoms in total. The molecule has 3 aliphatic heterocycles. The van der Waals surface area contributed by atoms with Crippen LogP contribution in [0.1, 0.15) is 20.3 Å². The first-order chi connectivity index (χ1) is 11.7. The third kappa shape index (κ3) is 4.10. The molecule has 0 aromatic heterocycles. The lowest BCUT2D eigenvalue weighted by molar-refractivity contribution is -0.0175. The van der Waals surface area contributed by atoms with Crippen molar-refractivity contribution in [2.75, 3.05) is 59.5 Å². The largest absolute Gasteiger partial charge is 0.379 e. The van der Waals surface area contributed by atoms with Crippen LogP contribution in [0.3, 0.4) is 0 Å². The molecule has 0 bridgehead atoms. The Kier molecular flexibility index (Phi) is 6.14. The van der Waals surface area contributed by atoms with E-state index in [1.807, 2.05) is 7.05 Å². The summed E-state index contributed by atoms with van der Waals surface area (Å²) in [6.45, 7) is 12.6. The molecule has 0 aromatic carbocycles. The zero-order valence-electron chi connectivity index (χ0n) is 15.4. The number of likely N-dealkylation sites (tertiary alicyclic amines) is 1. The quantitative estimate of drug-likeness (QED) is 0.463. The second-order valence-corrected chi connectivity index (χ2v) is 7.25. The van der Waals surface area contributed by atoms with Crippen molar-refractivity contribution < 1.29 is 4.74 Å². The molecule has 3 unspecified atom stereocenters. The SMILES string of the molecule is CN=C(NCC(C)N1CCOCC1C)N1CCC(N2CC=CC2)C1. The van der Waals surface area contributed by atoms with Gasteiger partial charge < -0.3 is 15.0 Å². The van der Waals surface area contributed by atoms with E-state index in [0.29, 0.717) is 18.1 Å². The molecule has 2 saturated heterocycles. The van der Waals surface area contributed by atoms with Gasteiger partial charge in [0.25, 0.3) is 0 Å². The van der Waals surface area contributed by atoms with Crippen molar-refractivity contribution in [3.05, 3.63) is 12.2 Å². The van der Waals surface area contributed by atoms with Crippen LogP contribution >= 0.6 is 0 Å². The summed E-state index contributed by atoms with van der Waals surface area (Å²) in [5, 5.41) is 3.60. The Morgan fingerprint density at radius 3 is 2.83 bits per heavy atom. The molecule has 3 heterocycles. The third-order valence-electron chi connectivity index (χ3n) is 5.58. The van der Waals surface area contributed by atoms with E-state index in [0.717, 1.165) is 58.4 Å². The Bertz CT molecular complexity index is 458. The van der Waals surface area contributed by atoms with Gasteiger partial charge in [-0.15, -0.1) is 0 Å². The van der Waals surface area contributed by atoms with E-state index in [1.54, 1.807) is 0 Å². The minimum Gasteiger partial charge on any atom is -0.379 e. The minimum atomic E-state index is 0.488. The predicted molar refractivity (Wildman–Crippen MR) is 98.5 cm³/mol. The van der Waals surface area contributed by atoms with Gasteiger partial charge in [0.15, 0.2) is 5.96 Å². The highest BCUT2D eigenvalue weighted by Gasteiger charge is 2.30. The summed E-state index contributed by atoms with van der Waals surface area (Å²) in [6, 6.07) is 1.65. The van der Waals surface area contributed by atoms with Crippen molar-refractivity contribution in [1.82, 2.24) is 20.0 Å². The Morgan fingerprint density at radius 2 is 2.12 bits per heavy atom. The summed E-state index contributed by atoms with van der Waals surface area (Å²) in [5.41, 5.74) is 0. The Balaban J connectivity index is 1.46. The molecule has 0 aliphatic carbocycles. The van der Waals surface area contributed by atoms with E-state index in [4.69, 9.17) is 4.74 Å². The van der Waals surface area contributed by atoms with E-state index in [9.17, 15) is 0 Å². The zero-order chi connectivity index (χ0) is 16.9. The predicted octanol–water partition coefficient (Wildman–Crippen LogP) is 0.617. The van der Waals surface area contributed by atoms with Gasteiger partial charge in [0.2, 0.25) is 0 Å². The van der Waals surface area contributed by atoms with Crippen molar-refractivity contribution in [3.63, 3.8) is 0 Å². The number of hydrogen-bond acceptors (Lipinski definition) is 4. The molecule has 0 spiro atoms. The lowest BCUT2D eigenvalue weighted by Gasteiger charge is -2.38. The van der Waals surface area contributed by atoms with Crippen LogP contribution in [0.25, 0.3) is 0 Å². The van der Waals surface area contributed by atoms with Crippen molar-refractivity contribution in [2.24, 2.45) is 4.99 Å². The van der Waals surface area contributed by atoms with Gasteiger partial charge in [-0.25, -0.2) is 0 Å². The number of morpholine rings is 1. The Morgan fingerprint density at radius 1 is 1.33 bits per heavy atom. The molecular formula is C18H33N5O. The molecule has 2 fully saturated rings. The van der Waals surface area contributed by atoms with Gasteiger partial charge >= 0.3 is 0 Å². The van der Waals surface area contributed by atoms with Gasteiger partial charge in [-0.3, -0.25) is 14.8 Å². The lowest BCUT2D eigenvalue weighted by atomic mass is 10.2. The lowest BCUT2D eigenvalue weighted by Crippen LogP contribution is -2.53. The highest BCUT2D eigenvalue weighted by molar-refractivity contribution is 5.80. The van der Waals surface area contributed by atoms with Gasteiger partial charge in [0, 0.05) is 64.4 Å². The molecule has 0 radical (unpaired) electrons. The van der Waals surface area contributed by atoms with Crippen LogP contribution in [-0.4, -0.2) is 98.3 Å². The maximum atomic E-state index is 5.55. The fourth-order valence-corrected chi connectivity index (χ4v) is 4.11. The van der Waals surface area contributed by atoms with Gasteiger partial charge in [0.05, 0.1) is 13.2 Å². The maximum absolute atomic E-state index is 5.55. The van der Waals surface area contributed by atoms with E-state index in [1.165, 1.54) is 6.42 Å². The van der Waals surface area contributed by atoms with Gasteiger partial charge in [-0.1, -0.05) is 12.2 Å². The van der Waals surface area contributed by atoms with E-state index in [-0.39, 0.29) is 0 Å². The van der Waals surface area contributed by atoms with Crippen molar-refractivity contribution in [2.45, 2.75) is 38.4 Å². The number of hydrogen-bond donors (Lipinski definition) is 1. The first-order valence-corrected chi connectivity index (χ1v) is 9.37. The Hall–Kier alpha value is -1.11. The molecular weight excluding hydrogens is 302 g/mol. The van der Waals surface area contributed by atoms with Gasteiger partial charge in [-0.05, 0) is 20.3 Å². The molecule has 136 valence electrons. The monoisotopic (exact) mass is 335 g/mol. The smallest absolute Gasteiger partial charge is 0.193 e. The molecule has 1 N–H and O–H groups in total. The third-order valence-corrected chi connectivity index (χ3v) is 5.58. The topological polar surface area (TPSA) is 43.3 Å². The second kappa shape index (κ2) is 8.32. The average molecular weight is 335 g/mol. The number of aliphatic imine (C=N–C) groups is 1. The first-order valence-electron chi connectivity index (χ1n) is 9.37. The van der Waals surface area contributed by atoms with Gasteiger partial charge in [-0.2, -0.15) is 0 Å². The Labute approximate surface area is 146 Å². The van der Waals surface area contributed by atoms with Crippen LogP contribution < -0.4 is 5.32 Å². The number of ether oxygens (including phenoxy) is 1. The molecule has 0 saturated carbocycles. The number of rotatable bonds is 4. The van der Waals surface area contributed by atoms with E-state index in [2.05, 4.69) is 51.0 Å². The number of nitrogens with one attached hydrogen (secondary N) is 1. The van der Waals surface area contributed by atoms with Crippen LogP contribution in [0.4, 0.5) is 0 Å². The normalized spacial score (nSPS) is 31.0. The molecule has 3 atom stereocenters. The van der Waals surface area contributed by atoms with Crippen LogP contribution in [-0.2, 0) is 4.74 Å². The van der Waals surface area contributed by atoms with E-state index >= 15 is 0 Å².